The van der Waals surface area contributed by atoms with Crippen LogP contribution in [0.25, 0.3) is 0 Å². The van der Waals surface area contributed by atoms with Crippen molar-refractivity contribution < 1.29 is 4.39 Å². The maximum Gasteiger partial charge on any atom is 0.107 e. The lowest BCUT2D eigenvalue weighted by atomic mass is 9.55. The number of hydrogen-bond acceptors (Lipinski definition) is 0. The van der Waals surface area contributed by atoms with E-state index >= 15 is 0 Å². The fourth-order valence-electron chi connectivity index (χ4n) is 3.77. The predicted molar refractivity (Wildman–Crippen MR) is 47.0 cm³/mol. The molecule has 68 valence electrons. The molecule has 4 saturated carbocycles. The van der Waals surface area contributed by atoms with Crippen molar-refractivity contribution in [3.63, 3.8) is 0 Å². The Kier molecular flexibility index (Phi) is 1.50. The van der Waals surface area contributed by atoms with Crippen molar-refractivity contribution >= 4 is 11.6 Å². The zero-order valence-electron chi connectivity index (χ0n) is 7.05. The average Bonchev–Trinajstić information content (AvgIpc) is 2.07. The molecule has 4 rings (SSSR count). The average molecular weight is 189 g/mol. The first-order valence-electron chi connectivity index (χ1n) is 5.04. The van der Waals surface area contributed by atoms with Crippen LogP contribution in [0.2, 0.25) is 0 Å². The number of alkyl halides is 2. The van der Waals surface area contributed by atoms with Crippen LogP contribution in [0.3, 0.4) is 0 Å². The molecule has 4 fully saturated rings. The molecule has 0 amide bonds. The summed E-state index contributed by atoms with van der Waals surface area (Å²) in [6, 6.07) is 0. The van der Waals surface area contributed by atoms with Gasteiger partial charge >= 0.3 is 0 Å². The van der Waals surface area contributed by atoms with Gasteiger partial charge in [0, 0.05) is 11.3 Å². The summed E-state index contributed by atoms with van der Waals surface area (Å²) < 4.78 is 13.7. The van der Waals surface area contributed by atoms with Gasteiger partial charge in [0.25, 0.3) is 0 Å². The Morgan fingerprint density at radius 1 is 1.00 bits per heavy atom. The van der Waals surface area contributed by atoms with Crippen LogP contribution in [0.4, 0.5) is 4.39 Å². The molecule has 6 atom stereocenters. The Morgan fingerprint density at radius 3 is 2.58 bits per heavy atom. The maximum atomic E-state index is 13.7. The lowest BCUT2D eigenvalue weighted by Gasteiger charge is -2.54. The SMILES string of the molecule is F[C@@H]1C2CC3CC(C2)[C@@H](Cl)C1C3. The Morgan fingerprint density at radius 2 is 1.75 bits per heavy atom. The minimum Gasteiger partial charge on any atom is -0.247 e. The molecule has 0 spiro atoms. The minimum atomic E-state index is -0.569. The van der Waals surface area contributed by atoms with E-state index < -0.39 is 6.17 Å². The summed E-state index contributed by atoms with van der Waals surface area (Å²) in [7, 11) is 0. The first-order valence-corrected chi connectivity index (χ1v) is 5.47. The van der Waals surface area contributed by atoms with Gasteiger partial charge in [-0.2, -0.15) is 0 Å². The van der Waals surface area contributed by atoms with Crippen molar-refractivity contribution in [2.24, 2.45) is 23.7 Å². The quantitative estimate of drug-likeness (QED) is 0.513. The largest absolute Gasteiger partial charge is 0.247 e. The van der Waals surface area contributed by atoms with Crippen molar-refractivity contribution in [1.82, 2.24) is 0 Å². The molecule has 2 heteroatoms. The molecule has 4 bridgehead atoms. The van der Waals surface area contributed by atoms with Crippen LogP contribution in [-0.4, -0.2) is 11.5 Å². The van der Waals surface area contributed by atoms with Gasteiger partial charge in [0.2, 0.25) is 0 Å². The van der Waals surface area contributed by atoms with Crippen LogP contribution in [0.15, 0.2) is 0 Å². The van der Waals surface area contributed by atoms with E-state index in [-0.39, 0.29) is 11.3 Å². The summed E-state index contributed by atoms with van der Waals surface area (Å²) in [6.07, 6.45) is 4.01. The van der Waals surface area contributed by atoms with Gasteiger partial charge in [0.05, 0.1) is 0 Å². The Hall–Kier alpha value is 0.220. The van der Waals surface area contributed by atoms with E-state index in [1.54, 1.807) is 0 Å². The van der Waals surface area contributed by atoms with E-state index in [1.807, 2.05) is 0 Å². The molecule has 4 unspecified atom stereocenters. The Labute approximate surface area is 77.5 Å². The Bertz CT molecular complexity index is 188. The topological polar surface area (TPSA) is 0 Å². The van der Waals surface area contributed by atoms with Gasteiger partial charge in [-0.05, 0) is 43.4 Å². The Balaban J connectivity index is 1.93. The van der Waals surface area contributed by atoms with Gasteiger partial charge in [-0.15, -0.1) is 11.6 Å². The normalized spacial score (nSPS) is 62.5. The summed E-state index contributed by atoms with van der Waals surface area (Å²) >= 11 is 6.23. The van der Waals surface area contributed by atoms with E-state index in [2.05, 4.69) is 0 Å². The smallest absolute Gasteiger partial charge is 0.107 e. The maximum absolute atomic E-state index is 13.7. The molecule has 0 heterocycles. The standard InChI is InChI=1S/C10H14ClF/c11-9-6-1-5-2-7(4-6)10(12)8(9)3-5/h5-10H,1-4H2/t5?,6?,7?,8?,9-,10-/m1/s1. The second kappa shape index (κ2) is 2.37. The summed E-state index contributed by atoms with van der Waals surface area (Å²) in [4.78, 5) is 0. The highest BCUT2D eigenvalue weighted by Crippen LogP contribution is 2.56. The van der Waals surface area contributed by atoms with E-state index in [4.69, 9.17) is 11.6 Å². The van der Waals surface area contributed by atoms with Crippen LogP contribution >= 0.6 is 11.6 Å². The second-order valence-corrected chi connectivity index (χ2v) is 5.39. The van der Waals surface area contributed by atoms with Crippen molar-refractivity contribution in [2.45, 2.75) is 37.2 Å². The fraction of sp³-hybridized carbons (Fsp3) is 1.00. The van der Waals surface area contributed by atoms with E-state index in [9.17, 15) is 4.39 Å². The third-order valence-electron chi connectivity index (χ3n) is 4.20. The first-order chi connectivity index (χ1) is 5.75. The molecule has 12 heavy (non-hydrogen) atoms. The third kappa shape index (κ3) is 0.837. The number of rotatable bonds is 0. The highest BCUT2D eigenvalue weighted by molar-refractivity contribution is 6.21. The van der Waals surface area contributed by atoms with Gasteiger partial charge in [-0.25, -0.2) is 4.39 Å². The molecule has 0 radical (unpaired) electrons. The molecule has 0 saturated heterocycles. The fourth-order valence-corrected chi connectivity index (χ4v) is 4.21. The van der Waals surface area contributed by atoms with E-state index in [1.165, 1.54) is 6.42 Å². The predicted octanol–water partition coefficient (Wildman–Crippen LogP) is 3.00. The van der Waals surface area contributed by atoms with Crippen LogP contribution in [-0.2, 0) is 0 Å². The minimum absolute atomic E-state index is 0.160. The van der Waals surface area contributed by atoms with Gasteiger partial charge in [-0.3, -0.25) is 0 Å². The molecule has 0 aromatic rings. The summed E-state index contributed by atoms with van der Waals surface area (Å²) in [5.41, 5.74) is 0. The first kappa shape index (κ1) is 7.61. The molecule has 0 aromatic heterocycles. The van der Waals surface area contributed by atoms with Gasteiger partial charge < -0.3 is 0 Å². The molecular weight excluding hydrogens is 175 g/mol. The van der Waals surface area contributed by atoms with Gasteiger partial charge in [0.1, 0.15) is 6.17 Å². The third-order valence-corrected chi connectivity index (χ3v) is 4.88. The highest BCUT2D eigenvalue weighted by Gasteiger charge is 2.53. The summed E-state index contributed by atoms with van der Waals surface area (Å²) in [5.74, 6) is 2.06. The zero-order valence-corrected chi connectivity index (χ0v) is 7.80. The molecule has 0 nitrogen and oxygen atoms in total. The van der Waals surface area contributed by atoms with Gasteiger partial charge in [-0.1, -0.05) is 0 Å². The zero-order chi connectivity index (χ0) is 8.29. The highest BCUT2D eigenvalue weighted by atomic mass is 35.5. The lowest BCUT2D eigenvalue weighted by molar-refractivity contribution is -0.0481. The molecule has 0 N–H and O–H groups in total. The molecular formula is C10H14ClF. The molecule has 4 aliphatic rings. The summed E-state index contributed by atoms with van der Waals surface area (Å²) in [5, 5.41) is 0.160. The lowest BCUT2D eigenvalue weighted by Crippen LogP contribution is -2.52. The van der Waals surface area contributed by atoms with Gasteiger partial charge in [0.15, 0.2) is 0 Å². The van der Waals surface area contributed by atoms with E-state index in [0.29, 0.717) is 11.8 Å². The molecule has 0 aliphatic heterocycles. The molecule has 0 aromatic carbocycles. The summed E-state index contributed by atoms with van der Waals surface area (Å²) in [6.45, 7) is 0. The van der Waals surface area contributed by atoms with E-state index in [0.717, 1.165) is 25.2 Å². The van der Waals surface area contributed by atoms with Crippen LogP contribution in [0.1, 0.15) is 25.7 Å². The van der Waals surface area contributed by atoms with Crippen LogP contribution < -0.4 is 0 Å². The van der Waals surface area contributed by atoms with Crippen molar-refractivity contribution in [3.05, 3.63) is 0 Å². The van der Waals surface area contributed by atoms with Crippen LogP contribution in [0, 0.1) is 23.7 Å². The monoisotopic (exact) mass is 188 g/mol. The number of hydrogen-bond donors (Lipinski definition) is 0. The second-order valence-electron chi connectivity index (χ2n) is 4.88. The molecule has 4 aliphatic carbocycles. The van der Waals surface area contributed by atoms with Crippen molar-refractivity contribution in [1.29, 1.82) is 0 Å². The number of halogens is 2. The van der Waals surface area contributed by atoms with Crippen molar-refractivity contribution in [2.75, 3.05) is 0 Å². The van der Waals surface area contributed by atoms with Crippen molar-refractivity contribution in [3.8, 4) is 0 Å². The van der Waals surface area contributed by atoms with Crippen LogP contribution in [0.5, 0.6) is 0 Å².